The lowest BCUT2D eigenvalue weighted by Gasteiger charge is -2.17. The van der Waals surface area contributed by atoms with Crippen LogP contribution in [0, 0.1) is 0 Å². The summed E-state index contributed by atoms with van der Waals surface area (Å²) in [6.07, 6.45) is 3.60. The van der Waals surface area contributed by atoms with Crippen molar-refractivity contribution in [2.75, 3.05) is 11.9 Å². The van der Waals surface area contributed by atoms with Crippen molar-refractivity contribution in [2.24, 2.45) is 0 Å². The predicted molar refractivity (Wildman–Crippen MR) is 84.2 cm³/mol. The second-order valence-corrected chi connectivity index (χ2v) is 6.40. The Hall–Kier alpha value is -1.81. The van der Waals surface area contributed by atoms with E-state index in [1.165, 1.54) is 25.5 Å². The third-order valence-corrected chi connectivity index (χ3v) is 4.85. The smallest absolute Gasteiger partial charge is 0.167 e. The topological polar surface area (TPSA) is 126 Å². The molecule has 4 atom stereocenters. The first kappa shape index (κ1) is 15.7. The van der Waals surface area contributed by atoms with Gasteiger partial charge in [0.25, 0.3) is 0 Å². The van der Waals surface area contributed by atoms with Crippen LogP contribution in [0.25, 0.3) is 11.2 Å². The molecule has 9 heteroatoms. The van der Waals surface area contributed by atoms with Crippen LogP contribution in [0.2, 0.25) is 0 Å². The van der Waals surface area contributed by atoms with Crippen LogP contribution < -0.4 is 5.32 Å². The molecule has 0 amide bonds. The summed E-state index contributed by atoms with van der Waals surface area (Å²) < 4.78 is 7.12. The highest BCUT2D eigenvalue weighted by Gasteiger charge is 2.44. The summed E-state index contributed by atoms with van der Waals surface area (Å²) in [5.41, 5.74) is 1.11. The van der Waals surface area contributed by atoms with Crippen molar-refractivity contribution < 1.29 is 20.1 Å². The summed E-state index contributed by atoms with van der Waals surface area (Å²) in [6.45, 7) is -0.370. The Morgan fingerprint density at radius 3 is 2.67 bits per heavy atom. The lowest BCUT2D eigenvalue weighted by atomic mass is 10.1. The molecule has 24 heavy (non-hydrogen) atoms. The molecule has 1 saturated heterocycles. The molecule has 2 aliphatic rings. The SMILES string of the molecule is OCC1OC(n2cnc3c(NC4CCCC4)ncnc32)[C@H](O)[C@@H]1O. The maximum Gasteiger partial charge on any atom is 0.167 e. The van der Waals surface area contributed by atoms with Gasteiger partial charge >= 0.3 is 0 Å². The van der Waals surface area contributed by atoms with E-state index >= 15 is 0 Å². The number of aromatic nitrogens is 4. The van der Waals surface area contributed by atoms with Gasteiger partial charge in [-0.2, -0.15) is 0 Å². The molecule has 2 fully saturated rings. The molecule has 1 saturated carbocycles. The van der Waals surface area contributed by atoms with Gasteiger partial charge < -0.3 is 25.4 Å². The molecular weight excluding hydrogens is 314 g/mol. The Morgan fingerprint density at radius 2 is 1.96 bits per heavy atom. The maximum absolute atomic E-state index is 10.2. The number of ether oxygens (including phenoxy) is 1. The van der Waals surface area contributed by atoms with Gasteiger partial charge in [-0.1, -0.05) is 12.8 Å². The normalized spacial score (nSPS) is 31.1. The van der Waals surface area contributed by atoms with Gasteiger partial charge in [-0.05, 0) is 12.8 Å². The van der Waals surface area contributed by atoms with Gasteiger partial charge in [-0.3, -0.25) is 4.57 Å². The van der Waals surface area contributed by atoms with Gasteiger partial charge in [0.1, 0.15) is 24.6 Å². The van der Waals surface area contributed by atoms with Gasteiger partial charge in [0.2, 0.25) is 0 Å². The van der Waals surface area contributed by atoms with Crippen LogP contribution in [-0.4, -0.2) is 65.8 Å². The first-order chi connectivity index (χ1) is 11.7. The lowest BCUT2D eigenvalue weighted by Crippen LogP contribution is -2.33. The molecule has 3 heterocycles. The maximum atomic E-state index is 10.2. The van der Waals surface area contributed by atoms with Crippen molar-refractivity contribution in [3.8, 4) is 0 Å². The van der Waals surface area contributed by atoms with Gasteiger partial charge in [0, 0.05) is 6.04 Å². The third-order valence-electron chi connectivity index (χ3n) is 4.85. The molecule has 130 valence electrons. The zero-order chi connectivity index (χ0) is 16.7. The average molecular weight is 335 g/mol. The molecule has 2 aromatic rings. The van der Waals surface area contributed by atoms with Gasteiger partial charge in [-0.15, -0.1) is 0 Å². The monoisotopic (exact) mass is 335 g/mol. The highest BCUT2D eigenvalue weighted by Crippen LogP contribution is 2.32. The molecule has 2 unspecified atom stereocenters. The van der Waals surface area contributed by atoms with E-state index in [2.05, 4.69) is 20.3 Å². The third kappa shape index (κ3) is 2.53. The largest absolute Gasteiger partial charge is 0.394 e. The van der Waals surface area contributed by atoms with Crippen LogP contribution in [0.15, 0.2) is 12.7 Å². The molecule has 4 rings (SSSR count). The molecule has 0 aromatic carbocycles. The van der Waals surface area contributed by atoms with Gasteiger partial charge in [-0.25, -0.2) is 15.0 Å². The van der Waals surface area contributed by atoms with E-state index in [-0.39, 0.29) is 6.61 Å². The number of imidazole rings is 1. The van der Waals surface area contributed by atoms with E-state index in [4.69, 9.17) is 4.74 Å². The molecule has 0 spiro atoms. The average Bonchev–Trinajstić information content (AvgIpc) is 3.30. The van der Waals surface area contributed by atoms with Crippen molar-refractivity contribution >= 4 is 17.0 Å². The first-order valence-corrected chi connectivity index (χ1v) is 8.25. The lowest BCUT2D eigenvalue weighted by molar-refractivity contribution is -0.0511. The quantitative estimate of drug-likeness (QED) is 0.605. The zero-order valence-corrected chi connectivity index (χ0v) is 13.1. The highest BCUT2D eigenvalue weighted by atomic mass is 16.6. The summed E-state index contributed by atoms with van der Waals surface area (Å²) >= 11 is 0. The Morgan fingerprint density at radius 1 is 1.17 bits per heavy atom. The summed E-state index contributed by atoms with van der Waals surface area (Å²) in [7, 11) is 0. The molecule has 0 bridgehead atoms. The number of hydrogen-bond acceptors (Lipinski definition) is 8. The number of rotatable bonds is 4. The molecule has 9 nitrogen and oxygen atoms in total. The molecule has 0 radical (unpaired) electrons. The Labute approximate surface area is 138 Å². The summed E-state index contributed by atoms with van der Waals surface area (Å²) in [6, 6.07) is 0.391. The predicted octanol–water partition coefficient (Wildman–Crippen LogP) is -0.208. The minimum absolute atomic E-state index is 0.370. The fraction of sp³-hybridized carbons (Fsp3) is 0.667. The van der Waals surface area contributed by atoms with Crippen molar-refractivity contribution in [1.82, 2.24) is 19.5 Å². The van der Waals surface area contributed by atoms with Crippen LogP contribution >= 0.6 is 0 Å². The Balaban J connectivity index is 1.65. The second-order valence-electron chi connectivity index (χ2n) is 6.40. The van der Waals surface area contributed by atoms with E-state index in [1.807, 2.05) is 0 Å². The standard InChI is InChI=1S/C15H21N5O4/c21-5-9-11(22)12(23)15(24-9)20-7-18-10-13(16-6-17-14(10)20)19-8-3-1-2-4-8/h6-9,11-12,15,21-23H,1-5H2,(H,16,17,19)/t9?,11-,12-,15?/m1/s1. The summed E-state index contributed by atoms with van der Waals surface area (Å²) in [5.74, 6) is 0.664. The van der Waals surface area contributed by atoms with E-state index in [1.54, 1.807) is 4.57 Å². The zero-order valence-electron chi connectivity index (χ0n) is 13.1. The Bertz CT molecular complexity index is 717. The molecular formula is C15H21N5O4. The molecule has 1 aliphatic heterocycles. The molecule has 2 aromatic heterocycles. The second kappa shape index (κ2) is 6.25. The van der Waals surface area contributed by atoms with Gasteiger partial charge in [0.15, 0.2) is 23.2 Å². The number of fused-ring (bicyclic) bond motifs is 1. The number of aliphatic hydroxyl groups excluding tert-OH is 3. The summed E-state index contributed by atoms with van der Waals surface area (Å²) in [4.78, 5) is 12.9. The number of hydrogen-bond donors (Lipinski definition) is 4. The van der Waals surface area contributed by atoms with Crippen LogP contribution in [0.3, 0.4) is 0 Å². The Kier molecular flexibility index (Phi) is 4.09. The van der Waals surface area contributed by atoms with E-state index in [0.29, 0.717) is 23.0 Å². The van der Waals surface area contributed by atoms with Crippen LogP contribution in [0.5, 0.6) is 0 Å². The number of aliphatic hydroxyl groups is 3. The number of anilines is 1. The molecule has 1 aliphatic carbocycles. The fourth-order valence-corrected chi connectivity index (χ4v) is 3.52. The minimum atomic E-state index is -1.17. The van der Waals surface area contributed by atoms with E-state index < -0.39 is 24.5 Å². The van der Waals surface area contributed by atoms with Crippen LogP contribution in [-0.2, 0) is 4.74 Å². The first-order valence-electron chi connectivity index (χ1n) is 8.25. The van der Waals surface area contributed by atoms with Crippen molar-refractivity contribution in [1.29, 1.82) is 0 Å². The minimum Gasteiger partial charge on any atom is -0.394 e. The van der Waals surface area contributed by atoms with E-state index in [0.717, 1.165) is 12.8 Å². The number of nitrogens with zero attached hydrogens (tertiary/aromatic N) is 4. The van der Waals surface area contributed by atoms with E-state index in [9.17, 15) is 15.3 Å². The number of nitrogens with one attached hydrogen (secondary N) is 1. The van der Waals surface area contributed by atoms with Crippen LogP contribution in [0.1, 0.15) is 31.9 Å². The van der Waals surface area contributed by atoms with Crippen molar-refractivity contribution in [2.45, 2.75) is 56.3 Å². The van der Waals surface area contributed by atoms with Crippen LogP contribution in [0.4, 0.5) is 5.82 Å². The summed E-state index contributed by atoms with van der Waals surface area (Å²) in [5, 5.41) is 32.8. The van der Waals surface area contributed by atoms with Crippen molar-refractivity contribution in [3.05, 3.63) is 12.7 Å². The van der Waals surface area contributed by atoms with Crippen molar-refractivity contribution in [3.63, 3.8) is 0 Å². The van der Waals surface area contributed by atoms with Gasteiger partial charge in [0.05, 0.1) is 12.9 Å². The molecule has 4 N–H and O–H groups in total. The highest BCUT2D eigenvalue weighted by molar-refractivity contribution is 5.82. The fourth-order valence-electron chi connectivity index (χ4n) is 3.52.